The molecule has 0 bridgehead atoms. The van der Waals surface area contributed by atoms with Gasteiger partial charge in [0.1, 0.15) is 5.75 Å². The van der Waals surface area contributed by atoms with Gasteiger partial charge in [0.15, 0.2) is 0 Å². The first-order chi connectivity index (χ1) is 8.16. The Balaban J connectivity index is 0.00000162. The van der Waals surface area contributed by atoms with Crippen molar-refractivity contribution in [1.29, 1.82) is 0 Å². The van der Waals surface area contributed by atoms with Gasteiger partial charge >= 0.3 is 5.97 Å². The molecule has 1 atom stereocenters. The van der Waals surface area contributed by atoms with Gasteiger partial charge in [0.25, 0.3) is 0 Å². The highest BCUT2D eigenvalue weighted by molar-refractivity contribution is 7.10. The number of esters is 1. The highest BCUT2D eigenvalue weighted by Gasteiger charge is 2.10. The number of halogens is 1. The van der Waals surface area contributed by atoms with Crippen LogP contribution in [0.2, 0.25) is 0 Å². The molecule has 3 nitrogen and oxygen atoms in total. The Morgan fingerprint density at radius 3 is 2.72 bits per heavy atom. The van der Waals surface area contributed by atoms with Gasteiger partial charge in [-0.2, -0.15) is 0 Å². The second-order valence-electron chi connectivity index (χ2n) is 3.66. The van der Waals surface area contributed by atoms with Gasteiger partial charge in [0.05, 0.1) is 6.04 Å². The van der Waals surface area contributed by atoms with Gasteiger partial charge in [-0.3, -0.25) is 4.79 Å². The lowest BCUT2D eigenvalue weighted by Crippen LogP contribution is -2.10. The Hall–Kier alpha value is -1.36. The summed E-state index contributed by atoms with van der Waals surface area (Å²) in [7, 11) is 0. The highest BCUT2D eigenvalue weighted by Crippen LogP contribution is 2.26. The predicted octanol–water partition coefficient (Wildman–Crippen LogP) is 3.14. The normalized spacial score (nSPS) is 11.4. The molecule has 0 fully saturated rings. The molecular weight excluding hydrogens is 270 g/mol. The summed E-state index contributed by atoms with van der Waals surface area (Å²) in [6.45, 7) is 1.38. The average molecular weight is 284 g/mol. The summed E-state index contributed by atoms with van der Waals surface area (Å²) < 4.78 is 5.03. The second kappa shape index (κ2) is 6.54. The maximum Gasteiger partial charge on any atom is 0.308 e. The van der Waals surface area contributed by atoms with Crippen molar-refractivity contribution in [2.24, 2.45) is 5.73 Å². The van der Waals surface area contributed by atoms with Gasteiger partial charge in [-0.25, -0.2) is 0 Å². The van der Waals surface area contributed by atoms with Gasteiger partial charge in [-0.1, -0.05) is 18.2 Å². The third kappa shape index (κ3) is 3.57. The molecule has 2 N–H and O–H groups in total. The summed E-state index contributed by atoms with van der Waals surface area (Å²) in [5.41, 5.74) is 7.07. The van der Waals surface area contributed by atoms with Crippen LogP contribution in [0.25, 0.3) is 0 Å². The number of carbonyl (C=O) groups is 1. The lowest BCUT2D eigenvalue weighted by molar-refractivity contribution is -0.131. The number of nitrogens with two attached hydrogens (primary N) is 1. The van der Waals surface area contributed by atoms with Crippen molar-refractivity contribution in [2.75, 3.05) is 0 Å². The van der Waals surface area contributed by atoms with Crippen molar-refractivity contribution in [3.05, 3.63) is 52.2 Å². The molecule has 0 spiro atoms. The van der Waals surface area contributed by atoms with E-state index in [1.165, 1.54) is 6.92 Å². The molecule has 0 radical (unpaired) electrons. The number of hydrogen-bond acceptors (Lipinski definition) is 4. The molecule has 2 rings (SSSR count). The molecule has 0 amide bonds. The fourth-order valence-corrected chi connectivity index (χ4v) is 2.32. The van der Waals surface area contributed by atoms with Crippen molar-refractivity contribution >= 4 is 29.7 Å². The standard InChI is InChI=1S/C13H13NO2S.ClH/c1-9(15)16-11-5-2-4-10(8-11)13(14)12-6-3-7-17-12;/h2-8,13H,14H2,1H3;1H/t13-;/m0./s1. The van der Waals surface area contributed by atoms with E-state index in [4.69, 9.17) is 10.5 Å². The van der Waals surface area contributed by atoms with Gasteiger partial charge in [-0.05, 0) is 29.1 Å². The SMILES string of the molecule is CC(=O)Oc1cccc([C@H](N)c2cccs2)c1.Cl. The zero-order valence-electron chi connectivity index (χ0n) is 9.83. The molecule has 1 aromatic heterocycles. The molecule has 5 heteroatoms. The van der Waals surface area contributed by atoms with Crippen molar-refractivity contribution in [3.63, 3.8) is 0 Å². The second-order valence-corrected chi connectivity index (χ2v) is 4.64. The van der Waals surface area contributed by atoms with Crippen LogP contribution in [0.15, 0.2) is 41.8 Å². The van der Waals surface area contributed by atoms with E-state index in [0.717, 1.165) is 10.4 Å². The molecule has 0 saturated carbocycles. The minimum atomic E-state index is -0.327. The number of ether oxygens (including phenoxy) is 1. The third-order valence-electron chi connectivity index (χ3n) is 2.33. The van der Waals surface area contributed by atoms with Crippen LogP contribution in [0.3, 0.4) is 0 Å². The van der Waals surface area contributed by atoms with E-state index in [1.54, 1.807) is 23.5 Å². The van der Waals surface area contributed by atoms with Crippen molar-refractivity contribution in [3.8, 4) is 5.75 Å². The van der Waals surface area contributed by atoms with E-state index in [-0.39, 0.29) is 24.4 Å². The number of thiophene rings is 1. The minimum Gasteiger partial charge on any atom is -0.427 e. The van der Waals surface area contributed by atoms with Crippen LogP contribution in [0, 0.1) is 0 Å². The molecule has 0 saturated heterocycles. The summed E-state index contributed by atoms with van der Waals surface area (Å²) in [4.78, 5) is 12.0. The topological polar surface area (TPSA) is 52.3 Å². The van der Waals surface area contributed by atoms with E-state index < -0.39 is 0 Å². The third-order valence-corrected chi connectivity index (χ3v) is 3.28. The van der Waals surface area contributed by atoms with Gasteiger partial charge in [0.2, 0.25) is 0 Å². The molecule has 0 aliphatic carbocycles. The van der Waals surface area contributed by atoms with Crippen LogP contribution in [-0.4, -0.2) is 5.97 Å². The first-order valence-corrected chi connectivity index (χ1v) is 6.12. The van der Waals surface area contributed by atoms with Crippen LogP contribution in [0.5, 0.6) is 5.75 Å². The highest BCUT2D eigenvalue weighted by atomic mass is 35.5. The summed E-state index contributed by atoms with van der Waals surface area (Å²) >= 11 is 1.61. The molecular formula is C13H14ClNO2S. The molecule has 1 heterocycles. The van der Waals surface area contributed by atoms with Crippen LogP contribution in [-0.2, 0) is 4.79 Å². The lowest BCUT2D eigenvalue weighted by Gasteiger charge is -2.11. The molecule has 18 heavy (non-hydrogen) atoms. The zero-order chi connectivity index (χ0) is 12.3. The average Bonchev–Trinajstić information content (AvgIpc) is 2.81. The Morgan fingerprint density at radius 1 is 1.33 bits per heavy atom. The summed E-state index contributed by atoms with van der Waals surface area (Å²) in [6, 6.07) is 11.1. The monoisotopic (exact) mass is 283 g/mol. The first-order valence-electron chi connectivity index (χ1n) is 5.24. The number of benzene rings is 1. The maximum absolute atomic E-state index is 10.9. The van der Waals surface area contributed by atoms with E-state index in [9.17, 15) is 4.79 Å². The number of rotatable bonds is 3. The van der Waals surface area contributed by atoms with Crippen molar-refractivity contribution in [2.45, 2.75) is 13.0 Å². The van der Waals surface area contributed by atoms with Gasteiger partial charge in [-0.15, -0.1) is 23.7 Å². The van der Waals surface area contributed by atoms with Crippen LogP contribution in [0.4, 0.5) is 0 Å². The van der Waals surface area contributed by atoms with Crippen LogP contribution < -0.4 is 10.5 Å². The Bertz CT molecular complexity index is 513. The number of carbonyl (C=O) groups excluding carboxylic acids is 1. The maximum atomic E-state index is 10.9. The molecule has 96 valence electrons. The quantitative estimate of drug-likeness (QED) is 0.695. The zero-order valence-corrected chi connectivity index (χ0v) is 11.5. The van der Waals surface area contributed by atoms with Crippen LogP contribution >= 0.6 is 23.7 Å². The predicted molar refractivity (Wildman–Crippen MR) is 75.3 cm³/mol. The van der Waals surface area contributed by atoms with Crippen LogP contribution in [0.1, 0.15) is 23.4 Å². The van der Waals surface area contributed by atoms with Gasteiger partial charge < -0.3 is 10.5 Å². The smallest absolute Gasteiger partial charge is 0.308 e. The molecule has 0 aliphatic rings. The molecule has 2 aromatic rings. The fraction of sp³-hybridized carbons (Fsp3) is 0.154. The Kier molecular flexibility index (Phi) is 5.34. The van der Waals surface area contributed by atoms with Crippen molar-refractivity contribution in [1.82, 2.24) is 0 Å². The van der Waals surface area contributed by atoms with E-state index in [2.05, 4.69) is 0 Å². The molecule has 1 aromatic carbocycles. The molecule has 0 unspecified atom stereocenters. The van der Waals surface area contributed by atoms with E-state index >= 15 is 0 Å². The Labute approximate surface area is 116 Å². The first kappa shape index (κ1) is 14.7. The minimum absolute atomic E-state index is 0. The Morgan fingerprint density at radius 2 is 2.11 bits per heavy atom. The van der Waals surface area contributed by atoms with Gasteiger partial charge in [0, 0.05) is 11.8 Å². The summed E-state index contributed by atoms with van der Waals surface area (Å²) in [5.74, 6) is 0.203. The summed E-state index contributed by atoms with van der Waals surface area (Å²) in [6.07, 6.45) is 0. The fourth-order valence-electron chi connectivity index (χ4n) is 1.57. The van der Waals surface area contributed by atoms with Crippen molar-refractivity contribution < 1.29 is 9.53 Å². The van der Waals surface area contributed by atoms with E-state index in [1.807, 2.05) is 29.6 Å². The van der Waals surface area contributed by atoms with E-state index in [0.29, 0.717) is 5.75 Å². The number of hydrogen-bond donors (Lipinski definition) is 1. The lowest BCUT2D eigenvalue weighted by atomic mass is 10.1. The summed E-state index contributed by atoms with van der Waals surface area (Å²) in [5, 5.41) is 1.99. The molecule has 0 aliphatic heterocycles. The largest absolute Gasteiger partial charge is 0.427 e.